The summed E-state index contributed by atoms with van der Waals surface area (Å²) in [7, 11) is 0. The third kappa shape index (κ3) is 12.2. The fourth-order valence-corrected chi connectivity index (χ4v) is 6.78. The third-order valence-corrected chi connectivity index (χ3v) is 9.29. The number of para-hydroxylation sites is 1. The fraction of sp³-hybridized carbons (Fsp3) is 0.667. The minimum Gasteiger partial charge on any atom is -0.444 e. The van der Waals surface area contributed by atoms with Gasteiger partial charge in [-0.15, -0.1) is 0 Å². The molecule has 2 amide bonds. The van der Waals surface area contributed by atoms with Crippen molar-refractivity contribution in [1.82, 2.24) is 30.2 Å². The number of aryl methyl sites for hydroxylation is 1. The molecule has 1 aromatic carbocycles. The van der Waals surface area contributed by atoms with Crippen LogP contribution in [0.4, 0.5) is 21.4 Å². The Morgan fingerprint density at radius 1 is 0.885 bits per heavy atom. The molecule has 0 bridgehead atoms. The van der Waals surface area contributed by atoms with Crippen LogP contribution in [0.1, 0.15) is 111 Å². The number of nitrogens with zero attached hydrogens (tertiary/aromatic N) is 5. The van der Waals surface area contributed by atoms with Gasteiger partial charge in [0.05, 0.1) is 12.1 Å². The summed E-state index contributed by atoms with van der Waals surface area (Å²) in [4.78, 5) is 39.7. The smallest absolute Gasteiger partial charge is 0.410 e. The van der Waals surface area contributed by atoms with Crippen LogP contribution in [0.5, 0.6) is 0 Å². The molecule has 5 rings (SSSR count). The molecule has 2 aliphatic rings. The Morgan fingerprint density at radius 3 is 2.31 bits per heavy atom. The summed E-state index contributed by atoms with van der Waals surface area (Å²) in [6.45, 7) is 15.2. The summed E-state index contributed by atoms with van der Waals surface area (Å²) in [6, 6.07) is 10.5. The molecule has 52 heavy (non-hydrogen) atoms. The van der Waals surface area contributed by atoms with E-state index in [1.54, 1.807) is 4.90 Å². The molecule has 1 aliphatic heterocycles. The molecule has 2 fully saturated rings. The van der Waals surface area contributed by atoms with Gasteiger partial charge in [0.15, 0.2) is 0 Å². The van der Waals surface area contributed by atoms with Crippen molar-refractivity contribution in [3.05, 3.63) is 41.8 Å². The number of nitrogens with one attached hydrogen (secondary N) is 3. The largest absolute Gasteiger partial charge is 0.444 e. The third-order valence-electron chi connectivity index (χ3n) is 9.29. The molecule has 13 heteroatoms. The Labute approximate surface area is 309 Å². The van der Waals surface area contributed by atoms with E-state index in [9.17, 15) is 9.59 Å². The zero-order chi connectivity index (χ0) is 37.1. The van der Waals surface area contributed by atoms with Gasteiger partial charge in [-0.05, 0) is 105 Å². The summed E-state index contributed by atoms with van der Waals surface area (Å²) in [5.74, 6) is 2.10. The summed E-state index contributed by atoms with van der Waals surface area (Å²) < 4.78 is 17.2. The number of hydrogen-bond donors (Lipinski definition) is 3. The lowest BCUT2D eigenvalue weighted by Gasteiger charge is -2.36. The van der Waals surface area contributed by atoms with Crippen molar-refractivity contribution in [3.63, 3.8) is 0 Å². The molecular weight excluding hydrogens is 660 g/mol. The van der Waals surface area contributed by atoms with Gasteiger partial charge in [0, 0.05) is 49.6 Å². The van der Waals surface area contributed by atoms with Crippen molar-refractivity contribution in [1.29, 1.82) is 0 Å². The number of fused-ring (bicyclic) bond motifs is 1. The monoisotopic (exact) mass is 720 g/mol. The molecule has 0 atom stereocenters. The second kappa shape index (κ2) is 18.1. The lowest BCUT2D eigenvalue weighted by molar-refractivity contribution is 0.00997. The zero-order valence-electron chi connectivity index (χ0n) is 32.1. The number of carbonyl (C=O) groups is 2. The predicted molar refractivity (Wildman–Crippen MR) is 203 cm³/mol. The minimum absolute atomic E-state index is 0.166. The maximum Gasteiger partial charge on any atom is 0.410 e. The molecule has 3 heterocycles. The van der Waals surface area contributed by atoms with Crippen molar-refractivity contribution in [2.24, 2.45) is 0 Å². The van der Waals surface area contributed by atoms with Gasteiger partial charge < -0.3 is 39.7 Å². The lowest BCUT2D eigenvalue weighted by Crippen LogP contribution is -2.46. The van der Waals surface area contributed by atoms with E-state index in [-0.39, 0.29) is 18.2 Å². The normalized spacial score (nSPS) is 16.0. The molecule has 1 saturated heterocycles. The lowest BCUT2D eigenvalue weighted by atomic mass is 9.94. The predicted octanol–water partition coefficient (Wildman–Crippen LogP) is 7.52. The van der Waals surface area contributed by atoms with Crippen LogP contribution in [-0.2, 0) is 22.4 Å². The maximum atomic E-state index is 13.3. The first-order chi connectivity index (χ1) is 24.8. The van der Waals surface area contributed by atoms with Crippen LogP contribution in [-0.4, -0.2) is 93.1 Å². The van der Waals surface area contributed by atoms with Crippen molar-refractivity contribution in [2.75, 3.05) is 43.4 Å². The second-order valence-electron chi connectivity index (χ2n) is 16.1. The molecule has 3 N–H and O–H groups in total. The van der Waals surface area contributed by atoms with E-state index in [1.165, 1.54) is 6.42 Å². The van der Waals surface area contributed by atoms with Crippen molar-refractivity contribution in [3.8, 4) is 0 Å². The molecular formula is C39H60N8O5. The summed E-state index contributed by atoms with van der Waals surface area (Å²) in [5.41, 5.74) is 0.430. The first-order valence-electron chi connectivity index (χ1n) is 19.2. The summed E-state index contributed by atoms with van der Waals surface area (Å²) in [5, 5.41) is 15.7. The van der Waals surface area contributed by atoms with Crippen LogP contribution < -0.4 is 16.0 Å². The highest BCUT2D eigenvalue weighted by molar-refractivity contribution is 5.90. The van der Waals surface area contributed by atoms with Gasteiger partial charge >= 0.3 is 12.2 Å². The van der Waals surface area contributed by atoms with Crippen LogP contribution >= 0.6 is 0 Å². The number of benzene rings is 1. The highest BCUT2D eigenvalue weighted by Crippen LogP contribution is 2.26. The van der Waals surface area contributed by atoms with Crippen LogP contribution in [0, 0.1) is 0 Å². The van der Waals surface area contributed by atoms with E-state index in [1.807, 2.05) is 76.8 Å². The quantitative estimate of drug-likeness (QED) is 0.152. The molecule has 0 unspecified atom stereocenters. The molecule has 1 aliphatic carbocycles. The van der Waals surface area contributed by atoms with Crippen LogP contribution in [0.2, 0.25) is 0 Å². The SMILES string of the molecule is CC(C)(C)OC(=O)N(CCCc1cc(CNc2nc(NC3CCNCC3)c3ccccc3n2)no1)CCCN(C(=O)OC(C)(C)C)C1CCCCC1. The van der Waals surface area contributed by atoms with E-state index >= 15 is 0 Å². The molecule has 13 nitrogen and oxygen atoms in total. The first kappa shape index (κ1) is 39.1. The van der Waals surface area contributed by atoms with Crippen LogP contribution in [0.3, 0.4) is 0 Å². The second-order valence-corrected chi connectivity index (χ2v) is 16.1. The Morgan fingerprint density at radius 2 is 1.58 bits per heavy atom. The average molecular weight is 721 g/mol. The maximum absolute atomic E-state index is 13.3. The minimum atomic E-state index is -0.619. The highest BCUT2D eigenvalue weighted by Gasteiger charge is 2.30. The molecule has 2 aromatic heterocycles. The number of amides is 2. The van der Waals surface area contributed by atoms with Crippen LogP contribution in [0.25, 0.3) is 10.9 Å². The Kier molecular flexibility index (Phi) is 13.6. The molecule has 286 valence electrons. The number of aromatic nitrogens is 3. The van der Waals surface area contributed by atoms with E-state index in [2.05, 4.69) is 21.1 Å². The molecule has 1 saturated carbocycles. The Balaban J connectivity index is 1.15. The van der Waals surface area contributed by atoms with E-state index in [0.29, 0.717) is 57.4 Å². The molecule has 0 spiro atoms. The van der Waals surface area contributed by atoms with E-state index in [0.717, 1.165) is 79.8 Å². The average Bonchev–Trinajstić information content (AvgIpc) is 3.55. The van der Waals surface area contributed by atoms with Crippen LogP contribution in [0.15, 0.2) is 34.9 Å². The van der Waals surface area contributed by atoms with Crippen molar-refractivity contribution < 1.29 is 23.6 Å². The first-order valence-corrected chi connectivity index (χ1v) is 19.2. The number of piperidine rings is 1. The Bertz CT molecular complexity index is 1590. The van der Waals surface area contributed by atoms with Gasteiger partial charge in [-0.25, -0.2) is 14.6 Å². The molecule has 3 aromatic rings. The fourth-order valence-electron chi connectivity index (χ4n) is 6.78. The number of rotatable bonds is 14. The van der Waals surface area contributed by atoms with Crippen molar-refractivity contribution >= 4 is 34.9 Å². The molecule has 0 radical (unpaired) electrons. The number of carbonyl (C=O) groups excluding carboxylic acids is 2. The van der Waals surface area contributed by atoms with E-state index in [4.69, 9.17) is 24.0 Å². The van der Waals surface area contributed by atoms with Gasteiger partial charge in [0.2, 0.25) is 5.95 Å². The number of ether oxygens (including phenoxy) is 2. The zero-order valence-corrected chi connectivity index (χ0v) is 32.1. The van der Waals surface area contributed by atoms with Gasteiger partial charge in [-0.1, -0.05) is 36.6 Å². The van der Waals surface area contributed by atoms with Gasteiger partial charge in [0.25, 0.3) is 0 Å². The van der Waals surface area contributed by atoms with Crippen molar-refractivity contribution in [2.45, 2.75) is 136 Å². The Hall–Kier alpha value is -4.13. The summed E-state index contributed by atoms with van der Waals surface area (Å²) >= 11 is 0. The standard InChI is InChI=1S/C39H60N8O5/c1-38(2,3)50-36(48)46(24-13-25-47(30-14-8-7-9-15-30)37(49)51-39(4,5)6)23-12-16-31-26-29(45-52-31)27-41-35-43-33-18-11-10-17-32(33)34(44-35)42-28-19-21-40-22-20-28/h10-11,17-18,26,28,30,40H,7-9,12-16,19-25,27H2,1-6H3,(H2,41,42,43,44). The van der Waals surface area contributed by atoms with E-state index < -0.39 is 11.2 Å². The van der Waals surface area contributed by atoms with Gasteiger partial charge in [0.1, 0.15) is 28.5 Å². The summed E-state index contributed by atoms with van der Waals surface area (Å²) in [6.07, 6.45) is 8.74. The van der Waals surface area contributed by atoms with Gasteiger partial charge in [-0.3, -0.25) is 0 Å². The number of hydrogen-bond acceptors (Lipinski definition) is 11. The topological polar surface area (TPSA) is 147 Å². The highest BCUT2D eigenvalue weighted by atomic mass is 16.6. The van der Waals surface area contributed by atoms with Gasteiger partial charge in [-0.2, -0.15) is 4.98 Å². The number of anilines is 2.